The summed E-state index contributed by atoms with van der Waals surface area (Å²) in [5.74, 6) is -0.731. The molecule has 54 valence electrons. The van der Waals surface area contributed by atoms with E-state index in [0.717, 1.165) is 11.3 Å². The highest BCUT2D eigenvalue weighted by Crippen LogP contribution is 2.10. The molecule has 1 aromatic rings. The molecule has 1 aromatic heterocycles. The summed E-state index contributed by atoms with van der Waals surface area (Å²) in [7, 11) is 0. The normalized spacial score (nSPS) is 9.70. The summed E-state index contributed by atoms with van der Waals surface area (Å²) < 4.78 is 0. The number of aromatic nitrogens is 1. The lowest BCUT2D eigenvalue weighted by molar-refractivity contribution is 0.0696. The van der Waals surface area contributed by atoms with Crippen molar-refractivity contribution >= 4 is 28.9 Å². The molecule has 0 aliphatic heterocycles. The number of nitrogens with zero attached hydrogens (tertiary/aromatic N) is 1. The van der Waals surface area contributed by atoms with E-state index < -0.39 is 5.97 Å². The molecule has 1 heterocycles. The maximum absolute atomic E-state index is 10.2. The molecule has 0 aliphatic rings. The molecule has 0 aromatic carbocycles. The van der Waals surface area contributed by atoms with Crippen LogP contribution in [0.25, 0.3) is 0 Å². The van der Waals surface area contributed by atoms with E-state index in [0.29, 0.717) is 5.69 Å². The largest absolute Gasteiger partial charge is 0.476 e. The Balaban J connectivity index is 2.88. The third-order valence-corrected chi connectivity index (χ3v) is 2.02. The molecule has 0 spiro atoms. The van der Waals surface area contributed by atoms with Gasteiger partial charge in [-0.1, -0.05) is 0 Å². The van der Waals surface area contributed by atoms with Gasteiger partial charge in [0.05, 0.1) is 11.6 Å². The van der Waals surface area contributed by atoms with Crippen molar-refractivity contribution in [3.8, 4) is 0 Å². The minimum absolute atomic E-state index is 0.0932. The van der Waals surface area contributed by atoms with Crippen LogP contribution >= 0.6 is 22.9 Å². The first kappa shape index (κ1) is 7.50. The quantitative estimate of drug-likeness (QED) is 0.698. The number of carboxylic acids is 1. The Morgan fingerprint density at radius 2 is 2.60 bits per heavy atom. The second-order valence-electron chi connectivity index (χ2n) is 1.58. The first-order chi connectivity index (χ1) is 4.74. The van der Waals surface area contributed by atoms with Crippen molar-refractivity contribution in [2.75, 3.05) is 0 Å². The molecule has 0 fully saturated rings. The molecule has 5 heteroatoms. The maximum atomic E-state index is 10.2. The molecule has 3 nitrogen and oxygen atoms in total. The highest BCUT2D eigenvalue weighted by Gasteiger charge is 2.06. The summed E-state index contributed by atoms with van der Waals surface area (Å²) in [6.45, 7) is 0. The van der Waals surface area contributed by atoms with E-state index in [4.69, 9.17) is 16.7 Å². The van der Waals surface area contributed by atoms with Crippen molar-refractivity contribution in [2.45, 2.75) is 5.88 Å². The summed E-state index contributed by atoms with van der Waals surface area (Å²) >= 11 is 6.48. The highest BCUT2D eigenvalue weighted by molar-refractivity contribution is 7.11. The maximum Gasteiger partial charge on any atom is 0.365 e. The molecule has 1 N–H and O–H groups in total. The second kappa shape index (κ2) is 2.98. The summed E-state index contributed by atoms with van der Waals surface area (Å²) in [6.07, 6.45) is 0. The Labute approximate surface area is 66.3 Å². The number of hydrogen-bond donors (Lipinski definition) is 1. The Bertz CT molecular complexity index is 248. The average Bonchev–Trinajstić information content (AvgIpc) is 2.34. The summed E-state index contributed by atoms with van der Waals surface area (Å²) in [5, 5.41) is 10.1. The first-order valence-corrected chi connectivity index (χ1v) is 3.89. The molecule has 0 saturated carbocycles. The zero-order valence-electron chi connectivity index (χ0n) is 4.87. The van der Waals surface area contributed by atoms with E-state index >= 15 is 0 Å². The van der Waals surface area contributed by atoms with Gasteiger partial charge in [-0.3, -0.25) is 0 Å². The van der Waals surface area contributed by atoms with E-state index in [2.05, 4.69) is 4.98 Å². The van der Waals surface area contributed by atoms with Gasteiger partial charge in [0.15, 0.2) is 0 Å². The Morgan fingerprint density at radius 3 is 2.90 bits per heavy atom. The minimum Gasteiger partial charge on any atom is -0.476 e. The summed E-state index contributed by atoms with van der Waals surface area (Å²) in [4.78, 5) is 14.0. The van der Waals surface area contributed by atoms with Gasteiger partial charge < -0.3 is 5.11 Å². The van der Waals surface area contributed by atoms with Crippen molar-refractivity contribution in [3.63, 3.8) is 0 Å². The topological polar surface area (TPSA) is 50.2 Å². The van der Waals surface area contributed by atoms with Crippen LogP contribution in [0.15, 0.2) is 5.38 Å². The molecule has 0 radical (unpaired) electrons. The monoisotopic (exact) mass is 177 g/mol. The second-order valence-corrected chi connectivity index (χ2v) is 2.71. The fourth-order valence-corrected chi connectivity index (χ4v) is 1.35. The zero-order valence-corrected chi connectivity index (χ0v) is 6.45. The molecule has 0 bridgehead atoms. The predicted molar refractivity (Wildman–Crippen MR) is 38.6 cm³/mol. The van der Waals surface area contributed by atoms with Crippen LogP contribution in [0, 0.1) is 0 Å². The number of carbonyl (C=O) groups is 1. The summed E-state index contributed by atoms with van der Waals surface area (Å²) in [6, 6.07) is 0. The van der Waals surface area contributed by atoms with E-state index in [-0.39, 0.29) is 10.9 Å². The van der Waals surface area contributed by atoms with Gasteiger partial charge >= 0.3 is 5.97 Å². The molecule has 0 atom stereocenters. The van der Waals surface area contributed by atoms with Gasteiger partial charge in [-0.05, 0) is 0 Å². The van der Waals surface area contributed by atoms with Gasteiger partial charge in [-0.2, -0.15) is 0 Å². The molecule has 0 aliphatic carbocycles. The third kappa shape index (κ3) is 1.46. The van der Waals surface area contributed by atoms with Gasteiger partial charge in [-0.25, -0.2) is 9.78 Å². The number of aromatic carboxylic acids is 1. The van der Waals surface area contributed by atoms with Crippen LogP contribution in [0.3, 0.4) is 0 Å². The van der Waals surface area contributed by atoms with Gasteiger partial charge in [0.2, 0.25) is 5.01 Å². The third-order valence-electron chi connectivity index (χ3n) is 0.872. The number of thiazole rings is 1. The van der Waals surface area contributed by atoms with Crippen LogP contribution in [-0.2, 0) is 5.88 Å². The lowest BCUT2D eigenvalue weighted by Gasteiger charge is -1.81. The van der Waals surface area contributed by atoms with Crippen LogP contribution in [0.5, 0.6) is 0 Å². The van der Waals surface area contributed by atoms with E-state index in [1.165, 1.54) is 0 Å². The van der Waals surface area contributed by atoms with Gasteiger partial charge in [-0.15, -0.1) is 22.9 Å². The SMILES string of the molecule is O=C(O)c1nc(CCl)cs1. The smallest absolute Gasteiger partial charge is 0.365 e. The minimum atomic E-state index is -0.999. The molecule has 0 unspecified atom stereocenters. The zero-order chi connectivity index (χ0) is 7.56. The van der Waals surface area contributed by atoms with Crippen molar-refractivity contribution in [1.82, 2.24) is 4.98 Å². The Hall–Kier alpha value is -0.610. The number of alkyl halides is 1. The Kier molecular flexibility index (Phi) is 2.24. The van der Waals surface area contributed by atoms with Gasteiger partial charge in [0, 0.05) is 5.38 Å². The molecule has 1 rings (SSSR count). The average molecular weight is 178 g/mol. The van der Waals surface area contributed by atoms with Gasteiger partial charge in [0.25, 0.3) is 0 Å². The number of carboxylic acid groups (broad SMARTS) is 1. The molecule has 0 amide bonds. The number of hydrogen-bond acceptors (Lipinski definition) is 3. The first-order valence-electron chi connectivity index (χ1n) is 2.47. The Morgan fingerprint density at radius 1 is 1.90 bits per heavy atom. The lowest BCUT2D eigenvalue weighted by atomic mass is 10.6. The highest BCUT2D eigenvalue weighted by atomic mass is 35.5. The predicted octanol–water partition coefficient (Wildman–Crippen LogP) is 1.58. The van der Waals surface area contributed by atoms with Crippen LogP contribution < -0.4 is 0 Å². The van der Waals surface area contributed by atoms with Crippen molar-refractivity contribution < 1.29 is 9.90 Å². The van der Waals surface area contributed by atoms with Crippen molar-refractivity contribution in [3.05, 3.63) is 16.1 Å². The van der Waals surface area contributed by atoms with Crippen LogP contribution in [-0.4, -0.2) is 16.1 Å². The number of rotatable bonds is 2. The van der Waals surface area contributed by atoms with E-state index in [1.54, 1.807) is 5.38 Å². The van der Waals surface area contributed by atoms with Crippen LogP contribution in [0.4, 0.5) is 0 Å². The molecule has 10 heavy (non-hydrogen) atoms. The fraction of sp³-hybridized carbons (Fsp3) is 0.200. The van der Waals surface area contributed by atoms with E-state index in [9.17, 15) is 4.79 Å². The number of halogens is 1. The van der Waals surface area contributed by atoms with E-state index in [1.807, 2.05) is 0 Å². The standard InChI is InChI=1S/C5H4ClNO2S/c6-1-3-2-10-4(7-3)5(8)9/h2H,1H2,(H,8,9). The van der Waals surface area contributed by atoms with Crippen LogP contribution in [0.1, 0.15) is 15.5 Å². The molecular formula is C5H4ClNO2S. The summed E-state index contributed by atoms with van der Waals surface area (Å²) in [5.41, 5.74) is 0.615. The molecular weight excluding hydrogens is 174 g/mol. The lowest BCUT2D eigenvalue weighted by Crippen LogP contribution is -1.94. The van der Waals surface area contributed by atoms with Crippen molar-refractivity contribution in [2.24, 2.45) is 0 Å². The van der Waals surface area contributed by atoms with Crippen molar-refractivity contribution in [1.29, 1.82) is 0 Å². The fourth-order valence-electron chi connectivity index (χ4n) is 0.467. The molecule has 0 saturated heterocycles. The van der Waals surface area contributed by atoms with Gasteiger partial charge in [0.1, 0.15) is 0 Å². The van der Waals surface area contributed by atoms with Crippen LogP contribution in [0.2, 0.25) is 0 Å².